The van der Waals surface area contributed by atoms with Crippen molar-refractivity contribution in [3.63, 3.8) is 0 Å². The molecule has 1 atom stereocenters. The van der Waals surface area contributed by atoms with Crippen molar-refractivity contribution in [1.29, 1.82) is 0 Å². The molecule has 1 aromatic rings. The summed E-state index contributed by atoms with van der Waals surface area (Å²) in [6, 6.07) is 3.82. The zero-order valence-corrected chi connectivity index (χ0v) is 11.8. The molecule has 0 spiro atoms. The summed E-state index contributed by atoms with van der Waals surface area (Å²) in [7, 11) is 0. The summed E-state index contributed by atoms with van der Waals surface area (Å²) < 4.78 is 0. The van der Waals surface area contributed by atoms with Crippen molar-refractivity contribution in [2.75, 3.05) is 0 Å². The van der Waals surface area contributed by atoms with Gasteiger partial charge in [0.05, 0.1) is 0 Å². The number of rotatable bonds is 1. The number of ketones is 2. The van der Waals surface area contributed by atoms with Gasteiger partial charge in [-0.15, -0.1) is 0 Å². The minimum atomic E-state index is -0.0106. The van der Waals surface area contributed by atoms with Crippen LogP contribution in [-0.4, -0.2) is 11.6 Å². The second-order valence-corrected chi connectivity index (χ2v) is 6.02. The summed E-state index contributed by atoms with van der Waals surface area (Å²) in [5.74, 6) is 0.527. The SMILES string of the molecule is CC(=O)c1cc2c(cc1C)C(C)(C)C(C)CC2=O. The first-order chi connectivity index (χ1) is 8.25. The van der Waals surface area contributed by atoms with Crippen LogP contribution in [0.4, 0.5) is 0 Å². The summed E-state index contributed by atoms with van der Waals surface area (Å²) in [5.41, 5.74) is 3.47. The molecule has 0 aromatic heterocycles. The third-order valence-corrected chi connectivity index (χ3v) is 4.46. The zero-order valence-electron chi connectivity index (χ0n) is 11.8. The van der Waals surface area contributed by atoms with Gasteiger partial charge in [0.25, 0.3) is 0 Å². The Kier molecular flexibility index (Phi) is 2.92. The second-order valence-electron chi connectivity index (χ2n) is 6.02. The highest BCUT2D eigenvalue weighted by Gasteiger charge is 2.38. The number of carbonyl (C=O) groups excluding carboxylic acids is 2. The minimum Gasteiger partial charge on any atom is -0.295 e. The Balaban J connectivity index is 2.71. The standard InChI is InChI=1S/C16H20O2/c1-9-6-14-13(8-12(9)11(3)17)15(18)7-10(2)16(14,4)5/h6,8,10H,7H2,1-5H3. The summed E-state index contributed by atoms with van der Waals surface area (Å²) in [6.07, 6.45) is 0.570. The van der Waals surface area contributed by atoms with Gasteiger partial charge in [0.1, 0.15) is 0 Å². The van der Waals surface area contributed by atoms with Crippen molar-refractivity contribution in [3.05, 3.63) is 34.4 Å². The summed E-state index contributed by atoms with van der Waals surface area (Å²) >= 11 is 0. The average molecular weight is 244 g/mol. The monoisotopic (exact) mass is 244 g/mol. The maximum absolute atomic E-state index is 12.2. The first-order valence-electron chi connectivity index (χ1n) is 6.44. The molecule has 0 fully saturated rings. The number of carbonyl (C=O) groups is 2. The minimum absolute atomic E-state index is 0.0106. The molecule has 0 saturated carbocycles. The van der Waals surface area contributed by atoms with E-state index in [9.17, 15) is 9.59 Å². The van der Waals surface area contributed by atoms with Crippen molar-refractivity contribution in [3.8, 4) is 0 Å². The van der Waals surface area contributed by atoms with Gasteiger partial charge in [-0.05, 0) is 42.4 Å². The van der Waals surface area contributed by atoms with Gasteiger partial charge < -0.3 is 0 Å². The van der Waals surface area contributed by atoms with Gasteiger partial charge in [-0.25, -0.2) is 0 Å². The van der Waals surface area contributed by atoms with E-state index in [0.717, 1.165) is 16.7 Å². The third-order valence-electron chi connectivity index (χ3n) is 4.46. The first kappa shape index (κ1) is 13.0. The van der Waals surface area contributed by atoms with E-state index in [-0.39, 0.29) is 17.0 Å². The topological polar surface area (TPSA) is 34.1 Å². The van der Waals surface area contributed by atoms with E-state index in [1.807, 2.05) is 13.0 Å². The third kappa shape index (κ3) is 1.80. The average Bonchev–Trinajstić information content (AvgIpc) is 2.26. The van der Waals surface area contributed by atoms with Crippen LogP contribution in [0.5, 0.6) is 0 Å². The maximum atomic E-state index is 12.2. The zero-order chi connectivity index (χ0) is 13.7. The van der Waals surface area contributed by atoms with Crippen LogP contribution in [0.3, 0.4) is 0 Å². The number of fused-ring (bicyclic) bond motifs is 1. The molecule has 0 aliphatic heterocycles. The van der Waals surface area contributed by atoms with Crippen LogP contribution in [0.2, 0.25) is 0 Å². The molecule has 2 rings (SSSR count). The Labute approximate surface area is 108 Å². The van der Waals surface area contributed by atoms with E-state index in [2.05, 4.69) is 20.8 Å². The number of Topliss-reactive ketones (excluding diaryl/α,β-unsaturated/α-hetero) is 2. The van der Waals surface area contributed by atoms with Crippen molar-refractivity contribution in [2.45, 2.75) is 46.5 Å². The van der Waals surface area contributed by atoms with E-state index in [0.29, 0.717) is 17.9 Å². The highest BCUT2D eigenvalue weighted by Crippen LogP contribution is 2.41. The highest BCUT2D eigenvalue weighted by molar-refractivity contribution is 6.03. The van der Waals surface area contributed by atoms with Crippen LogP contribution in [-0.2, 0) is 5.41 Å². The fourth-order valence-electron chi connectivity index (χ4n) is 2.76. The molecule has 18 heavy (non-hydrogen) atoms. The second kappa shape index (κ2) is 4.04. The van der Waals surface area contributed by atoms with Crippen molar-refractivity contribution in [2.24, 2.45) is 5.92 Å². The molecule has 0 radical (unpaired) electrons. The Morgan fingerprint density at radius 3 is 2.50 bits per heavy atom. The van der Waals surface area contributed by atoms with Crippen LogP contribution < -0.4 is 0 Å². The lowest BCUT2D eigenvalue weighted by Crippen LogP contribution is -2.35. The molecule has 1 aliphatic carbocycles. The fourth-order valence-corrected chi connectivity index (χ4v) is 2.76. The number of aryl methyl sites for hydroxylation is 1. The quantitative estimate of drug-likeness (QED) is 0.706. The molecule has 0 heterocycles. The van der Waals surface area contributed by atoms with Gasteiger partial charge in [0.15, 0.2) is 11.6 Å². The Hall–Kier alpha value is -1.44. The summed E-state index contributed by atoms with van der Waals surface area (Å²) in [4.78, 5) is 23.7. The van der Waals surface area contributed by atoms with Crippen LogP contribution in [0.15, 0.2) is 12.1 Å². The number of hydrogen-bond donors (Lipinski definition) is 0. The van der Waals surface area contributed by atoms with Crippen LogP contribution >= 0.6 is 0 Å². The largest absolute Gasteiger partial charge is 0.295 e. The Morgan fingerprint density at radius 1 is 1.33 bits per heavy atom. The molecule has 0 N–H and O–H groups in total. The molecule has 2 heteroatoms. The van der Waals surface area contributed by atoms with E-state index >= 15 is 0 Å². The van der Waals surface area contributed by atoms with Gasteiger partial charge in [-0.1, -0.05) is 26.8 Å². The molecule has 0 bridgehead atoms. The highest BCUT2D eigenvalue weighted by atomic mass is 16.1. The Bertz CT molecular complexity index is 538. The van der Waals surface area contributed by atoms with E-state index in [4.69, 9.17) is 0 Å². The normalized spacial score (nSPS) is 21.6. The number of hydrogen-bond acceptors (Lipinski definition) is 2. The van der Waals surface area contributed by atoms with Gasteiger partial charge in [-0.3, -0.25) is 9.59 Å². The fraction of sp³-hybridized carbons (Fsp3) is 0.500. The van der Waals surface area contributed by atoms with E-state index in [1.165, 1.54) is 0 Å². The van der Waals surface area contributed by atoms with Crippen LogP contribution in [0.25, 0.3) is 0 Å². The lowest BCUT2D eigenvalue weighted by Gasteiger charge is -2.38. The number of benzene rings is 1. The van der Waals surface area contributed by atoms with Gasteiger partial charge >= 0.3 is 0 Å². The molecule has 0 amide bonds. The predicted octanol–water partition coefficient (Wildman–Crippen LogP) is 3.70. The predicted molar refractivity (Wildman–Crippen MR) is 72.3 cm³/mol. The first-order valence-corrected chi connectivity index (χ1v) is 6.44. The smallest absolute Gasteiger partial charge is 0.163 e. The lowest BCUT2D eigenvalue weighted by atomic mass is 9.65. The maximum Gasteiger partial charge on any atom is 0.163 e. The van der Waals surface area contributed by atoms with E-state index < -0.39 is 0 Å². The lowest BCUT2D eigenvalue weighted by molar-refractivity contribution is 0.0920. The van der Waals surface area contributed by atoms with Crippen molar-refractivity contribution < 1.29 is 9.59 Å². The van der Waals surface area contributed by atoms with Crippen LogP contribution in [0.1, 0.15) is 66.0 Å². The molecule has 2 nitrogen and oxygen atoms in total. The molecular formula is C16H20O2. The molecule has 1 aromatic carbocycles. The summed E-state index contributed by atoms with van der Waals surface area (Å²) in [6.45, 7) is 9.97. The van der Waals surface area contributed by atoms with E-state index in [1.54, 1.807) is 13.0 Å². The summed E-state index contributed by atoms with van der Waals surface area (Å²) in [5, 5.41) is 0. The molecule has 0 saturated heterocycles. The molecule has 96 valence electrons. The van der Waals surface area contributed by atoms with Gasteiger partial charge in [-0.2, -0.15) is 0 Å². The molecule has 1 aliphatic rings. The van der Waals surface area contributed by atoms with Crippen molar-refractivity contribution >= 4 is 11.6 Å². The Morgan fingerprint density at radius 2 is 1.94 bits per heavy atom. The van der Waals surface area contributed by atoms with Crippen molar-refractivity contribution in [1.82, 2.24) is 0 Å². The van der Waals surface area contributed by atoms with Gasteiger partial charge in [0.2, 0.25) is 0 Å². The van der Waals surface area contributed by atoms with Crippen LogP contribution in [0, 0.1) is 12.8 Å². The van der Waals surface area contributed by atoms with Gasteiger partial charge in [0, 0.05) is 17.5 Å². The molecular weight excluding hydrogens is 224 g/mol. The molecule has 1 unspecified atom stereocenters.